The third kappa shape index (κ3) is 2.87. The molecule has 1 aliphatic rings. The Balaban J connectivity index is 2.24. The van der Waals surface area contributed by atoms with Crippen LogP contribution in [0.5, 0.6) is 5.75 Å². The molecule has 0 aromatic heterocycles. The predicted octanol–water partition coefficient (Wildman–Crippen LogP) is 1.12. The molecule has 0 fully saturated rings. The van der Waals surface area contributed by atoms with Gasteiger partial charge in [0.1, 0.15) is 11.4 Å². The van der Waals surface area contributed by atoms with Crippen molar-refractivity contribution in [2.75, 3.05) is 5.43 Å². The van der Waals surface area contributed by atoms with Crippen LogP contribution in [-0.4, -0.2) is 18.6 Å². The predicted molar refractivity (Wildman–Crippen MR) is 63.2 cm³/mol. The number of benzene rings is 1. The molecule has 0 unspecified atom stereocenters. The van der Waals surface area contributed by atoms with E-state index in [-0.39, 0.29) is 5.60 Å². The molecule has 0 amide bonds. The molecule has 7 heteroatoms. The zero-order valence-corrected chi connectivity index (χ0v) is 10.3. The molecule has 1 aromatic carbocycles. The lowest BCUT2D eigenvalue weighted by Crippen LogP contribution is -2.29. The van der Waals surface area contributed by atoms with Crippen LogP contribution in [-0.2, 0) is 16.7 Å². The van der Waals surface area contributed by atoms with Gasteiger partial charge in [-0.1, -0.05) is 12.1 Å². The number of hydrazine groups is 1. The van der Waals surface area contributed by atoms with Crippen LogP contribution >= 0.6 is 0 Å². The molecule has 0 radical (unpaired) electrons. The van der Waals surface area contributed by atoms with Crippen LogP contribution in [0.25, 0.3) is 0 Å². The highest BCUT2D eigenvalue weighted by Crippen LogP contribution is 2.39. The Bertz CT molecular complexity index is 539. The lowest BCUT2D eigenvalue weighted by atomic mass is 10.0. The van der Waals surface area contributed by atoms with E-state index < -0.39 is 10.3 Å². The summed E-state index contributed by atoms with van der Waals surface area (Å²) in [6.45, 7) is 3.90. The van der Waals surface area contributed by atoms with Crippen molar-refractivity contribution in [3.8, 4) is 5.75 Å². The quantitative estimate of drug-likeness (QED) is 0.558. The minimum Gasteiger partial charge on any atom is -0.485 e. The fourth-order valence-electron chi connectivity index (χ4n) is 1.83. The molecule has 17 heavy (non-hydrogen) atoms. The summed E-state index contributed by atoms with van der Waals surface area (Å²) in [6.07, 6.45) is 0.754. The molecular formula is C10H14N2O4S. The Hall–Kier alpha value is -1.31. The number of hydrogen-bond donors (Lipinski definition) is 3. The zero-order valence-electron chi connectivity index (χ0n) is 9.52. The van der Waals surface area contributed by atoms with Crippen molar-refractivity contribution in [3.05, 3.63) is 23.8 Å². The molecule has 1 heterocycles. The normalized spacial score (nSPS) is 17.4. The Kier molecular flexibility index (Phi) is 2.76. The lowest BCUT2D eigenvalue weighted by molar-refractivity contribution is 0.139. The van der Waals surface area contributed by atoms with E-state index >= 15 is 0 Å². The van der Waals surface area contributed by atoms with E-state index in [1.54, 1.807) is 17.0 Å². The van der Waals surface area contributed by atoms with Crippen molar-refractivity contribution < 1.29 is 17.7 Å². The number of ether oxygens (including phenoxy) is 1. The van der Waals surface area contributed by atoms with E-state index in [4.69, 9.17) is 9.29 Å². The Morgan fingerprint density at radius 3 is 2.76 bits per heavy atom. The molecule has 0 aliphatic carbocycles. The Labute approximate surface area is 99.8 Å². The first kappa shape index (κ1) is 12.2. The van der Waals surface area contributed by atoms with Gasteiger partial charge in [0.05, 0.1) is 5.69 Å². The van der Waals surface area contributed by atoms with Crippen LogP contribution in [0, 0.1) is 0 Å². The minimum atomic E-state index is -4.29. The first-order valence-corrected chi connectivity index (χ1v) is 6.52. The zero-order chi connectivity index (χ0) is 12.7. The fraction of sp³-hybridized carbons (Fsp3) is 0.400. The molecule has 0 saturated carbocycles. The van der Waals surface area contributed by atoms with Gasteiger partial charge in [0.25, 0.3) is 0 Å². The molecule has 6 nitrogen and oxygen atoms in total. The Morgan fingerprint density at radius 2 is 2.12 bits per heavy atom. The highest BCUT2D eigenvalue weighted by molar-refractivity contribution is 7.83. The summed E-state index contributed by atoms with van der Waals surface area (Å²) in [5.74, 6) is 0.605. The molecule has 1 aromatic rings. The topological polar surface area (TPSA) is 87.7 Å². The van der Waals surface area contributed by atoms with Crippen LogP contribution in [0.1, 0.15) is 19.4 Å². The molecule has 3 N–H and O–H groups in total. The number of nitrogens with one attached hydrogen (secondary N) is 2. The van der Waals surface area contributed by atoms with E-state index in [1.165, 1.54) is 0 Å². The van der Waals surface area contributed by atoms with Crippen molar-refractivity contribution >= 4 is 16.0 Å². The van der Waals surface area contributed by atoms with Gasteiger partial charge in [-0.05, 0) is 19.9 Å². The van der Waals surface area contributed by atoms with Gasteiger partial charge in [-0.3, -0.25) is 4.55 Å². The van der Waals surface area contributed by atoms with Gasteiger partial charge < -0.3 is 10.2 Å². The third-order valence-corrected chi connectivity index (χ3v) is 2.77. The lowest BCUT2D eigenvalue weighted by Gasteiger charge is -2.18. The standard InChI is InChI=1S/C10H14N2O4S/c1-10(2)6-7-4-3-5-8(9(7)16-10)11-12-17(13,14)15/h3-5,11-12H,6H2,1-2H3,(H,13,14,15). The van der Waals surface area contributed by atoms with Crippen LogP contribution < -0.4 is 15.0 Å². The third-order valence-electron chi connectivity index (χ3n) is 2.41. The largest absolute Gasteiger partial charge is 0.485 e. The molecule has 0 spiro atoms. The van der Waals surface area contributed by atoms with Gasteiger partial charge in [-0.2, -0.15) is 8.42 Å². The second kappa shape index (κ2) is 3.86. The van der Waals surface area contributed by atoms with E-state index in [0.717, 1.165) is 12.0 Å². The van der Waals surface area contributed by atoms with Gasteiger partial charge in [-0.15, -0.1) is 4.83 Å². The maximum atomic E-state index is 10.6. The number of hydrogen-bond acceptors (Lipinski definition) is 4. The highest BCUT2D eigenvalue weighted by Gasteiger charge is 2.31. The van der Waals surface area contributed by atoms with E-state index in [0.29, 0.717) is 11.4 Å². The second-order valence-corrected chi connectivity index (χ2v) is 5.69. The van der Waals surface area contributed by atoms with E-state index in [9.17, 15) is 8.42 Å². The average molecular weight is 258 g/mol. The van der Waals surface area contributed by atoms with Gasteiger partial charge in [0.2, 0.25) is 0 Å². The van der Waals surface area contributed by atoms with E-state index in [2.05, 4.69) is 5.43 Å². The number of rotatable bonds is 3. The number of para-hydroxylation sites is 1. The van der Waals surface area contributed by atoms with Crippen LogP contribution in [0.15, 0.2) is 18.2 Å². The van der Waals surface area contributed by atoms with Crippen LogP contribution in [0.3, 0.4) is 0 Å². The summed E-state index contributed by atoms with van der Waals surface area (Å²) in [6, 6.07) is 5.37. The van der Waals surface area contributed by atoms with Crippen molar-refractivity contribution in [3.63, 3.8) is 0 Å². The average Bonchev–Trinajstić information content (AvgIpc) is 2.47. The maximum Gasteiger partial charge on any atom is 0.350 e. The number of fused-ring (bicyclic) bond motifs is 1. The summed E-state index contributed by atoms with van der Waals surface area (Å²) in [4.78, 5) is 1.79. The molecule has 0 atom stereocenters. The van der Waals surface area contributed by atoms with Crippen molar-refractivity contribution in [2.24, 2.45) is 0 Å². The first-order chi connectivity index (χ1) is 7.77. The monoisotopic (exact) mass is 258 g/mol. The molecule has 0 bridgehead atoms. The van der Waals surface area contributed by atoms with Crippen molar-refractivity contribution in [2.45, 2.75) is 25.9 Å². The van der Waals surface area contributed by atoms with Crippen molar-refractivity contribution in [1.29, 1.82) is 0 Å². The van der Waals surface area contributed by atoms with Crippen molar-refractivity contribution in [1.82, 2.24) is 4.83 Å². The Morgan fingerprint density at radius 1 is 1.41 bits per heavy atom. The molecular weight excluding hydrogens is 244 g/mol. The van der Waals surface area contributed by atoms with Gasteiger partial charge in [-0.25, -0.2) is 0 Å². The summed E-state index contributed by atoms with van der Waals surface area (Å²) < 4.78 is 35.4. The molecule has 1 aliphatic heterocycles. The smallest absolute Gasteiger partial charge is 0.350 e. The van der Waals surface area contributed by atoms with E-state index in [1.807, 2.05) is 19.9 Å². The minimum absolute atomic E-state index is 0.307. The second-order valence-electron chi connectivity index (χ2n) is 4.53. The number of anilines is 1. The summed E-state index contributed by atoms with van der Waals surface area (Å²) >= 11 is 0. The fourth-order valence-corrected chi connectivity index (χ4v) is 2.07. The van der Waals surface area contributed by atoms with Crippen LogP contribution in [0.4, 0.5) is 5.69 Å². The van der Waals surface area contributed by atoms with Gasteiger partial charge in [0.15, 0.2) is 0 Å². The summed E-state index contributed by atoms with van der Waals surface area (Å²) in [5.41, 5.74) is 3.58. The maximum absolute atomic E-state index is 10.6. The summed E-state index contributed by atoms with van der Waals surface area (Å²) in [5, 5.41) is 0. The SMILES string of the molecule is CC1(C)Cc2cccc(NNS(=O)(=O)O)c2O1. The molecule has 2 rings (SSSR count). The van der Waals surface area contributed by atoms with Gasteiger partial charge in [0, 0.05) is 12.0 Å². The molecule has 0 saturated heterocycles. The summed E-state index contributed by atoms with van der Waals surface area (Å²) in [7, 11) is -4.29. The molecule has 94 valence electrons. The first-order valence-electron chi connectivity index (χ1n) is 5.08. The van der Waals surface area contributed by atoms with Gasteiger partial charge >= 0.3 is 10.3 Å². The van der Waals surface area contributed by atoms with Crippen LogP contribution in [0.2, 0.25) is 0 Å². The highest BCUT2D eigenvalue weighted by atomic mass is 32.2.